The van der Waals surface area contributed by atoms with Gasteiger partial charge in [0.1, 0.15) is 0 Å². The molecule has 0 aliphatic rings. The summed E-state index contributed by atoms with van der Waals surface area (Å²) < 4.78 is 4.61. The van der Waals surface area contributed by atoms with Crippen molar-refractivity contribution in [3.8, 4) is 0 Å². The topological polar surface area (TPSA) is 66.8 Å². The molecule has 66 valence electrons. The fourth-order valence-electron chi connectivity index (χ4n) is 0.626. The monoisotopic (exact) mass is 162 g/mol. The largest absolute Gasteiger partial charge is 0.466 e. The third-order valence-corrected chi connectivity index (χ3v) is 1.20. The van der Waals surface area contributed by atoms with Crippen molar-refractivity contribution in [2.24, 2.45) is 0 Å². The number of hydrogen-bond acceptors (Lipinski definition) is 4. The fraction of sp³-hybridized carbons (Fsp3) is 0.857. The van der Waals surface area contributed by atoms with Crippen LogP contribution in [0.4, 0.5) is 0 Å². The standard InChI is InChI=1S/C7H14O4/c1-6(9)11-4-2-3-7(10)5-8/h7-8,10H,2-5H2,1H3/t7-/m0/s1. The van der Waals surface area contributed by atoms with Gasteiger partial charge >= 0.3 is 5.97 Å². The Kier molecular flexibility index (Phi) is 5.78. The first-order valence-corrected chi connectivity index (χ1v) is 3.59. The molecule has 0 aromatic carbocycles. The van der Waals surface area contributed by atoms with Crippen LogP contribution >= 0.6 is 0 Å². The Morgan fingerprint density at radius 2 is 2.27 bits per heavy atom. The molecule has 0 aromatic rings. The van der Waals surface area contributed by atoms with E-state index in [1.165, 1.54) is 6.92 Å². The van der Waals surface area contributed by atoms with Crippen LogP contribution < -0.4 is 0 Å². The van der Waals surface area contributed by atoms with Gasteiger partial charge in [-0.25, -0.2) is 0 Å². The first kappa shape index (κ1) is 10.4. The summed E-state index contributed by atoms with van der Waals surface area (Å²) in [4.78, 5) is 10.2. The molecule has 0 bridgehead atoms. The summed E-state index contributed by atoms with van der Waals surface area (Å²) >= 11 is 0. The zero-order valence-electron chi connectivity index (χ0n) is 6.62. The van der Waals surface area contributed by atoms with Crippen molar-refractivity contribution in [2.75, 3.05) is 13.2 Å². The van der Waals surface area contributed by atoms with E-state index in [0.717, 1.165) is 0 Å². The number of aliphatic hydroxyl groups is 2. The molecule has 2 N–H and O–H groups in total. The van der Waals surface area contributed by atoms with Crippen molar-refractivity contribution in [1.29, 1.82) is 0 Å². The van der Waals surface area contributed by atoms with Gasteiger partial charge in [0.05, 0.1) is 19.3 Å². The number of rotatable bonds is 5. The summed E-state index contributed by atoms with van der Waals surface area (Å²) in [5.41, 5.74) is 0. The third kappa shape index (κ3) is 7.29. The van der Waals surface area contributed by atoms with Crippen molar-refractivity contribution in [3.63, 3.8) is 0 Å². The predicted octanol–water partition coefficient (Wildman–Crippen LogP) is -0.317. The van der Waals surface area contributed by atoms with E-state index in [1.54, 1.807) is 0 Å². The second-order valence-electron chi connectivity index (χ2n) is 2.32. The molecule has 0 aromatic heterocycles. The summed E-state index contributed by atoms with van der Waals surface area (Å²) in [6.07, 6.45) is 0.357. The van der Waals surface area contributed by atoms with Gasteiger partial charge in [-0.15, -0.1) is 0 Å². The number of hydrogen-bond donors (Lipinski definition) is 2. The van der Waals surface area contributed by atoms with Gasteiger partial charge in [0.2, 0.25) is 0 Å². The molecule has 4 nitrogen and oxygen atoms in total. The van der Waals surface area contributed by atoms with Crippen molar-refractivity contribution in [3.05, 3.63) is 0 Å². The van der Waals surface area contributed by atoms with Crippen LogP contribution in [-0.4, -0.2) is 35.5 Å². The third-order valence-electron chi connectivity index (χ3n) is 1.20. The molecule has 0 radical (unpaired) electrons. The highest BCUT2D eigenvalue weighted by atomic mass is 16.5. The summed E-state index contributed by atoms with van der Waals surface area (Å²) in [6, 6.07) is 0. The lowest BCUT2D eigenvalue weighted by atomic mass is 10.2. The maximum Gasteiger partial charge on any atom is 0.302 e. The van der Waals surface area contributed by atoms with Crippen LogP contribution in [-0.2, 0) is 9.53 Å². The summed E-state index contributed by atoms with van der Waals surface area (Å²) in [5.74, 6) is -0.316. The summed E-state index contributed by atoms with van der Waals surface area (Å²) in [7, 11) is 0. The Labute approximate surface area is 65.8 Å². The van der Waals surface area contributed by atoms with Gasteiger partial charge < -0.3 is 14.9 Å². The zero-order chi connectivity index (χ0) is 8.69. The van der Waals surface area contributed by atoms with E-state index < -0.39 is 6.10 Å². The molecule has 4 heteroatoms. The van der Waals surface area contributed by atoms with Gasteiger partial charge in [-0.2, -0.15) is 0 Å². The van der Waals surface area contributed by atoms with Crippen LogP contribution in [0.15, 0.2) is 0 Å². The average Bonchev–Trinajstić information content (AvgIpc) is 1.97. The van der Waals surface area contributed by atoms with Crippen LogP contribution in [0.1, 0.15) is 19.8 Å². The minimum Gasteiger partial charge on any atom is -0.466 e. The van der Waals surface area contributed by atoms with Crippen LogP contribution in [0.5, 0.6) is 0 Å². The molecule has 0 amide bonds. The highest BCUT2D eigenvalue weighted by molar-refractivity contribution is 5.65. The number of carbonyl (C=O) groups is 1. The molecule has 0 heterocycles. The molecule has 0 aliphatic carbocycles. The quantitative estimate of drug-likeness (QED) is 0.429. The smallest absolute Gasteiger partial charge is 0.302 e. The van der Waals surface area contributed by atoms with Crippen LogP contribution in [0, 0.1) is 0 Å². The van der Waals surface area contributed by atoms with Crippen molar-refractivity contribution >= 4 is 5.97 Å². The molecule has 0 aliphatic heterocycles. The highest BCUT2D eigenvalue weighted by Gasteiger charge is 2.01. The molecule has 1 atom stereocenters. The van der Waals surface area contributed by atoms with Crippen molar-refractivity contribution in [2.45, 2.75) is 25.9 Å². The minimum absolute atomic E-state index is 0.236. The summed E-state index contributed by atoms with van der Waals surface area (Å²) in [5, 5.41) is 17.2. The number of ether oxygens (including phenoxy) is 1. The lowest BCUT2D eigenvalue weighted by Crippen LogP contribution is -2.13. The van der Waals surface area contributed by atoms with Gasteiger partial charge in [0.25, 0.3) is 0 Å². The molecule has 0 saturated carbocycles. The lowest BCUT2D eigenvalue weighted by Gasteiger charge is -2.05. The van der Waals surface area contributed by atoms with Crippen LogP contribution in [0.25, 0.3) is 0 Å². The first-order valence-electron chi connectivity index (χ1n) is 3.59. The minimum atomic E-state index is -0.689. The van der Waals surface area contributed by atoms with Gasteiger partial charge in [-0.3, -0.25) is 4.79 Å². The SMILES string of the molecule is CC(=O)OCCC[C@H](O)CO. The molecule has 0 spiro atoms. The lowest BCUT2D eigenvalue weighted by molar-refractivity contribution is -0.141. The van der Waals surface area contributed by atoms with E-state index in [2.05, 4.69) is 4.74 Å². The Morgan fingerprint density at radius 1 is 1.64 bits per heavy atom. The average molecular weight is 162 g/mol. The van der Waals surface area contributed by atoms with E-state index >= 15 is 0 Å². The second-order valence-corrected chi connectivity index (χ2v) is 2.32. The van der Waals surface area contributed by atoms with Crippen LogP contribution in [0.2, 0.25) is 0 Å². The maximum atomic E-state index is 10.2. The van der Waals surface area contributed by atoms with Gasteiger partial charge in [0.15, 0.2) is 0 Å². The molecule has 0 fully saturated rings. The summed E-state index contributed by atoms with van der Waals surface area (Å²) in [6.45, 7) is 1.41. The Balaban J connectivity index is 3.08. The molecule has 0 saturated heterocycles. The fourth-order valence-corrected chi connectivity index (χ4v) is 0.626. The second kappa shape index (κ2) is 6.12. The number of aliphatic hydroxyl groups excluding tert-OH is 2. The Morgan fingerprint density at radius 3 is 2.73 bits per heavy atom. The van der Waals surface area contributed by atoms with Crippen molar-refractivity contribution in [1.82, 2.24) is 0 Å². The normalized spacial score (nSPS) is 12.6. The molecule has 0 rings (SSSR count). The number of carbonyl (C=O) groups excluding carboxylic acids is 1. The van der Waals surface area contributed by atoms with Gasteiger partial charge in [0, 0.05) is 6.92 Å². The maximum absolute atomic E-state index is 10.2. The zero-order valence-corrected chi connectivity index (χ0v) is 6.62. The van der Waals surface area contributed by atoms with E-state index in [9.17, 15) is 4.79 Å². The van der Waals surface area contributed by atoms with E-state index in [4.69, 9.17) is 10.2 Å². The molecule has 11 heavy (non-hydrogen) atoms. The first-order chi connectivity index (χ1) is 5.16. The number of esters is 1. The Hall–Kier alpha value is -0.610. The predicted molar refractivity (Wildman–Crippen MR) is 39.0 cm³/mol. The van der Waals surface area contributed by atoms with Gasteiger partial charge in [-0.05, 0) is 12.8 Å². The van der Waals surface area contributed by atoms with Crippen LogP contribution in [0.3, 0.4) is 0 Å². The van der Waals surface area contributed by atoms with E-state index in [-0.39, 0.29) is 12.6 Å². The molecule has 0 unspecified atom stereocenters. The Bertz CT molecular complexity index is 113. The van der Waals surface area contributed by atoms with E-state index in [0.29, 0.717) is 19.4 Å². The highest BCUT2D eigenvalue weighted by Crippen LogP contribution is 1.96. The molecular weight excluding hydrogens is 148 g/mol. The van der Waals surface area contributed by atoms with Crippen molar-refractivity contribution < 1.29 is 19.7 Å². The van der Waals surface area contributed by atoms with E-state index in [1.807, 2.05) is 0 Å². The van der Waals surface area contributed by atoms with Gasteiger partial charge in [-0.1, -0.05) is 0 Å². The molecular formula is C7H14O4.